The van der Waals surface area contributed by atoms with E-state index in [0.717, 1.165) is 5.75 Å². The first-order valence-electron chi connectivity index (χ1n) is 5.11. The van der Waals surface area contributed by atoms with E-state index in [9.17, 15) is 0 Å². The van der Waals surface area contributed by atoms with Gasteiger partial charge in [0.25, 0.3) is 0 Å². The van der Waals surface area contributed by atoms with Crippen LogP contribution in [0.15, 0.2) is 34.9 Å². The number of aromatic nitrogens is 2. The maximum Gasteiger partial charge on any atom is 0.325 e. The second kappa shape index (κ2) is 5.68. The van der Waals surface area contributed by atoms with Gasteiger partial charge in [0.1, 0.15) is 11.5 Å². The fourth-order valence-electron chi connectivity index (χ4n) is 1.28. The topological polar surface area (TPSA) is 53.5 Å². The molecule has 0 saturated carbocycles. The summed E-state index contributed by atoms with van der Waals surface area (Å²) < 4.78 is 16.3. The summed E-state index contributed by atoms with van der Waals surface area (Å²) in [5, 5.41) is 0. The number of hydrogen-bond donors (Lipinski definition) is 0. The van der Waals surface area contributed by atoms with E-state index in [2.05, 4.69) is 25.9 Å². The normalized spacial score (nSPS) is 9.94. The molecule has 0 radical (unpaired) electrons. The molecular formula is C12H11BrN2O3. The van der Waals surface area contributed by atoms with Gasteiger partial charge in [0.2, 0.25) is 5.88 Å². The Balaban J connectivity index is 2.17. The predicted molar refractivity (Wildman–Crippen MR) is 69.4 cm³/mol. The SMILES string of the molecule is COc1ccc(Oc2ncc(Br)c(OC)n2)cc1. The van der Waals surface area contributed by atoms with Gasteiger partial charge in [-0.3, -0.25) is 0 Å². The molecule has 0 bridgehead atoms. The number of nitrogens with zero attached hydrogens (tertiary/aromatic N) is 2. The Kier molecular flexibility index (Phi) is 3.99. The Morgan fingerprint density at radius 3 is 2.28 bits per heavy atom. The lowest BCUT2D eigenvalue weighted by molar-refractivity contribution is 0.373. The van der Waals surface area contributed by atoms with Gasteiger partial charge in [-0.2, -0.15) is 4.98 Å². The highest BCUT2D eigenvalue weighted by atomic mass is 79.9. The summed E-state index contributed by atoms with van der Waals surface area (Å²) in [5.74, 6) is 1.81. The maximum atomic E-state index is 5.50. The van der Waals surface area contributed by atoms with Crippen molar-refractivity contribution in [2.45, 2.75) is 0 Å². The average Bonchev–Trinajstić information content (AvgIpc) is 2.42. The molecule has 1 aromatic carbocycles. The molecule has 0 unspecified atom stereocenters. The Hall–Kier alpha value is -1.82. The van der Waals surface area contributed by atoms with Crippen molar-refractivity contribution in [1.29, 1.82) is 0 Å². The van der Waals surface area contributed by atoms with Gasteiger partial charge in [0.15, 0.2) is 0 Å². The molecule has 6 heteroatoms. The molecule has 0 aliphatic rings. The highest BCUT2D eigenvalue weighted by Crippen LogP contribution is 2.26. The van der Waals surface area contributed by atoms with E-state index in [1.807, 2.05) is 0 Å². The quantitative estimate of drug-likeness (QED) is 0.868. The van der Waals surface area contributed by atoms with Gasteiger partial charge in [-0.1, -0.05) is 0 Å². The number of benzene rings is 1. The number of rotatable bonds is 4. The fourth-order valence-corrected chi connectivity index (χ4v) is 1.63. The van der Waals surface area contributed by atoms with Crippen LogP contribution < -0.4 is 14.2 Å². The number of hydrogen-bond acceptors (Lipinski definition) is 5. The summed E-state index contributed by atoms with van der Waals surface area (Å²) in [4.78, 5) is 8.13. The van der Waals surface area contributed by atoms with Gasteiger partial charge < -0.3 is 14.2 Å². The Labute approximate surface area is 113 Å². The van der Waals surface area contributed by atoms with Crippen LogP contribution in [-0.4, -0.2) is 24.2 Å². The van der Waals surface area contributed by atoms with Crippen LogP contribution in [0.4, 0.5) is 0 Å². The summed E-state index contributed by atoms with van der Waals surface area (Å²) in [7, 11) is 3.14. The molecule has 0 saturated heterocycles. The Bertz CT molecular complexity index is 531. The van der Waals surface area contributed by atoms with Gasteiger partial charge in [0, 0.05) is 0 Å². The largest absolute Gasteiger partial charge is 0.497 e. The molecule has 0 aliphatic heterocycles. The van der Waals surface area contributed by atoms with E-state index in [4.69, 9.17) is 14.2 Å². The molecule has 2 rings (SSSR count). The van der Waals surface area contributed by atoms with Gasteiger partial charge in [-0.05, 0) is 40.2 Å². The van der Waals surface area contributed by atoms with E-state index in [0.29, 0.717) is 16.1 Å². The lowest BCUT2D eigenvalue weighted by Gasteiger charge is -2.06. The maximum absolute atomic E-state index is 5.50. The first-order valence-corrected chi connectivity index (χ1v) is 5.90. The monoisotopic (exact) mass is 310 g/mol. The molecule has 94 valence electrons. The zero-order valence-corrected chi connectivity index (χ0v) is 11.5. The Morgan fingerprint density at radius 2 is 1.67 bits per heavy atom. The van der Waals surface area contributed by atoms with Crippen LogP contribution >= 0.6 is 15.9 Å². The molecule has 0 amide bonds. The molecule has 0 spiro atoms. The molecule has 1 aromatic heterocycles. The number of ether oxygens (including phenoxy) is 3. The second-order valence-electron chi connectivity index (χ2n) is 3.29. The molecule has 0 fully saturated rings. The van der Waals surface area contributed by atoms with Crippen LogP contribution in [0.2, 0.25) is 0 Å². The van der Waals surface area contributed by atoms with Crippen LogP contribution in [0.1, 0.15) is 0 Å². The molecule has 0 N–H and O–H groups in total. The van der Waals surface area contributed by atoms with Crippen LogP contribution in [0, 0.1) is 0 Å². The molecule has 2 aromatic rings. The van der Waals surface area contributed by atoms with E-state index in [1.165, 1.54) is 7.11 Å². The summed E-state index contributed by atoms with van der Waals surface area (Å²) in [5.41, 5.74) is 0. The standard InChI is InChI=1S/C12H11BrN2O3/c1-16-8-3-5-9(6-4-8)18-12-14-7-10(13)11(15-12)17-2/h3-7H,1-2H3. The van der Waals surface area contributed by atoms with Crippen molar-refractivity contribution in [3.63, 3.8) is 0 Å². The highest BCUT2D eigenvalue weighted by Gasteiger charge is 2.07. The van der Waals surface area contributed by atoms with Crippen molar-refractivity contribution in [2.24, 2.45) is 0 Å². The van der Waals surface area contributed by atoms with Crippen LogP contribution in [0.25, 0.3) is 0 Å². The smallest absolute Gasteiger partial charge is 0.325 e. The zero-order chi connectivity index (χ0) is 13.0. The van der Waals surface area contributed by atoms with E-state index >= 15 is 0 Å². The van der Waals surface area contributed by atoms with E-state index in [-0.39, 0.29) is 6.01 Å². The molecule has 0 atom stereocenters. The summed E-state index contributed by atoms with van der Waals surface area (Å²) >= 11 is 3.27. The number of methoxy groups -OCH3 is 2. The molecule has 18 heavy (non-hydrogen) atoms. The second-order valence-corrected chi connectivity index (χ2v) is 4.14. The highest BCUT2D eigenvalue weighted by molar-refractivity contribution is 9.10. The third kappa shape index (κ3) is 2.89. The molecule has 0 aliphatic carbocycles. The zero-order valence-electron chi connectivity index (χ0n) is 9.88. The van der Waals surface area contributed by atoms with Crippen molar-refractivity contribution >= 4 is 15.9 Å². The van der Waals surface area contributed by atoms with Crippen molar-refractivity contribution in [3.05, 3.63) is 34.9 Å². The minimum atomic E-state index is 0.222. The Morgan fingerprint density at radius 1 is 1.00 bits per heavy atom. The van der Waals surface area contributed by atoms with E-state index in [1.54, 1.807) is 37.6 Å². The van der Waals surface area contributed by atoms with Crippen LogP contribution in [-0.2, 0) is 0 Å². The minimum absolute atomic E-state index is 0.222. The van der Waals surface area contributed by atoms with Crippen LogP contribution in [0.3, 0.4) is 0 Å². The van der Waals surface area contributed by atoms with Crippen molar-refractivity contribution < 1.29 is 14.2 Å². The summed E-state index contributed by atoms with van der Waals surface area (Å²) in [6.45, 7) is 0. The summed E-state index contributed by atoms with van der Waals surface area (Å²) in [6, 6.07) is 7.37. The van der Waals surface area contributed by atoms with Gasteiger partial charge in [-0.15, -0.1) is 0 Å². The third-order valence-corrected chi connectivity index (χ3v) is 2.70. The van der Waals surface area contributed by atoms with Crippen LogP contribution in [0.5, 0.6) is 23.4 Å². The first kappa shape index (κ1) is 12.6. The summed E-state index contributed by atoms with van der Waals surface area (Å²) in [6.07, 6.45) is 1.57. The predicted octanol–water partition coefficient (Wildman–Crippen LogP) is 3.05. The lowest BCUT2D eigenvalue weighted by Crippen LogP contribution is -1.95. The minimum Gasteiger partial charge on any atom is -0.497 e. The van der Waals surface area contributed by atoms with Crippen molar-refractivity contribution in [2.75, 3.05) is 14.2 Å². The average molecular weight is 311 g/mol. The molecule has 1 heterocycles. The first-order chi connectivity index (χ1) is 8.72. The van der Waals surface area contributed by atoms with E-state index < -0.39 is 0 Å². The molecular weight excluding hydrogens is 300 g/mol. The van der Waals surface area contributed by atoms with Crippen molar-refractivity contribution in [1.82, 2.24) is 9.97 Å². The lowest BCUT2D eigenvalue weighted by atomic mass is 10.3. The third-order valence-electron chi connectivity index (χ3n) is 2.15. The fraction of sp³-hybridized carbons (Fsp3) is 0.167. The van der Waals surface area contributed by atoms with Gasteiger partial charge >= 0.3 is 6.01 Å². The van der Waals surface area contributed by atoms with Crippen molar-refractivity contribution in [3.8, 4) is 23.4 Å². The van der Waals surface area contributed by atoms with Gasteiger partial charge in [0.05, 0.1) is 24.9 Å². The molecule has 5 nitrogen and oxygen atoms in total. The number of halogens is 1. The van der Waals surface area contributed by atoms with Gasteiger partial charge in [-0.25, -0.2) is 4.98 Å².